The average Bonchev–Trinajstić information content (AvgIpc) is 2.26. The minimum atomic E-state index is 0.265. The van der Waals surface area contributed by atoms with Crippen LogP contribution in [-0.4, -0.2) is 38.5 Å². The Kier molecular flexibility index (Phi) is 5.73. The van der Waals surface area contributed by atoms with E-state index in [1.807, 2.05) is 0 Å². The molecule has 0 aromatic rings. The fourth-order valence-corrected chi connectivity index (χ4v) is 2.26. The smallest absolute Gasteiger partial charge is 0.0704 e. The molecule has 0 radical (unpaired) electrons. The summed E-state index contributed by atoms with van der Waals surface area (Å²) in [7, 11) is 0. The van der Waals surface area contributed by atoms with Crippen molar-refractivity contribution in [3.05, 3.63) is 0 Å². The molecule has 1 aliphatic rings. The van der Waals surface area contributed by atoms with Gasteiger partial charge in [0.2, 0.25) is 0 Å². The van der Waals surface area contributed by atoms with E-state index in [-0.39, 0.29) is 5.41 Å². The molecular formula is C13H27NO2. The van der Waals surface area contributed by atoms with E-state index in [0.717, 1.165) is 39.2 Å². The maximum atomic E-state index is 5.85. The molecule has 0 spiro atoms. The van der Waals surface area contributed by atoms with Gasteiger partial charge in [0.05, 0.1) is 19.3 Å². The molecule has 2 unspecified atom stereocenters. The Morgan fingerprint density at radius 1 is 1.19 bits per heavy atom. The van der Waals surface area contributed by atoms with Gasteiger partial charge in [-0.25, -0.2) is 0 Å². The third-order valence-electron chi connectivity index (χ3n) is 3.52. The lowest BCUT2D eigenvalue weighted by molar-refractivity contribution is -0.126. The van der Waals surface area contributed by atoms with Crippen LogP contribution in [0.3, 0.4) is 0 Å². The van der Waals surface area contributed by atoms with Crippen LogP contribution in [0.25, 0.3) is 0 Å². The monoisotopic (exact) mass is 229 g/mol. The Morgan fingerprint density at radius 2 is 1.94 bits per heavy atom. The molecule has 1 saturated carbocycles. The van der Waals surface area contributed by atoms with E-state index in [9.17, 15) is 0 Å². The topological polar surface area (TPSA) is 30.5 Å². The Balaban J connectivity index is 2.11. The minimum absolute atomic E-state index is 0.265. The van der Waals surface area contributed by atoms with Gasteiger partial charge in [-0.05, 0) is 19.4 Å². The second-order valence-electron chi connectivity index (χ2n) is 5.14. The molecule has 0 heterocycles. The maximum Gasteiger partial charge on any atom is 0.0704 e. The summed E-state index contributed by atoms with van der Waals surface area (Å²) >= 11 is 0. The minimum Gasteiger partial charge on any atom is -0.379 e. The van der Waals surface area contributed by atoms with E-state index >= 15 is 0 Å². The number of rotatable bonds is 8. The van der Waals surface area contributed by atoms with Crippen molar-refractivity contribution in [2.75, 3.05) is 26.4 Å². The molecule has 0 aromatic heterocycles. The van der Waals surface area contributed by atoms with Crippen molar-refractivity contribution >= 4 is 0 Å². The first-order valence-corrected chi connectivity index (χ1v) is 6.55. The first-order chi connectivity index (χ1) is 7.62. The predicted molar refractivity (Wildman–Crippen MR) is 66.7 cm³/mol. The van der Waals surface area contributed by atoms with Gasteiger partial charge in [0.1, 0.15) is 0 Å². The standard InChI is InChI=1S/C13H27NO2/c1-5-7-15-8-9-16-12-10-11(14-6-2)13(12,3)4/h11-12,14H,5-10H2,1-4H3. The molecule has 1 N–H and O–H groups in total. The molecule has 3 heteroatoms. The third-order valence-corrected chi connectivity index (χ3v) is 3.52. The Hall–Kier alpha value is -0.120. The number of ether oxygens (including phenoxy) is 2. The quantitative estimate of drug-likeness (QED) is 0.647. The van der Waals surface area contributed by atoms with Crippen molar-refractivity contribution in [3.8, 4) is 0 Å². The Labute approximate surface area is 99.9 Å². The lowest BCUT2D eigenvalue weighted by Crippen LogP contribution is -2.61. The van der Waals surface area contributed by atoms with Crippen molar-refractivity contribution in [2.24, 2.45) is 5.41 Å². The zero-order valence-corrected chi connectivity index (χ0v) is 11.2. The van der Waals surface area contributed by atoms with Gasteiger partial charge in [-0.15, -0.1) is 0 Å². The number of nitrogens with one attached hydrogen (secondary N) is 1. The fourth-order valence-electron chi connectivity index (χ4n) is 2.26. The van der Waals surface area contributed by atoms with Crippen molar-refractivity contribution in [1.29, 1.82) is 0 Å². The molecular weight excluding hydrogens is 202 g/mol. The van der Waals surface area contributed by atoms with Crippen molar-refractivity contribution in [3.63, 3.8) is 0 Å². The highest BCUT2D eigenvalue weighted by Gasteiger charge is 2.48. The van der Waals surface area contributed by atoms with Crippen LogP contribution in [0.1, 0.15) is 40.5 Å². The molecule has 0 amide bonds. The second kappa shape index (κ2) is 6.58. The highest BCUT2D eigenvalue weighted by atomic mass is 16.5. The summed E-state index contributed by atoms with van der Waals surface area (Å²) < 4.78 is 11.3. The molecule has 0 saturated heterocycles. The van der Waals surface area contributed by atoms with E-state index in [1.165, 1.54) is 0 Å². The van der Waals surface area contributed by atoms with Crippen LogP contribution in [0.4, 0.5) is 0 Å². The molecule has 0 aromatic carbocycles. The maximum absolute atomic E-state index is 5.85. The van der Waals surface area contributed by atoms with E-state index in [0.29, 0.717) is 12.1 Å². The highest BCUT2D eigenvalue weighted by molar-refractivity contribution is 5.02. The number of hydrogen-bond donors (Lipinski definition) is 1. The number of hydrogen-bond acceptors (Lipinski definition) is 3. The Bertz CT molecular complexity index is 194. The van der Waals surface area contributed by atoms with Crippen LogP contribution < -0.4 is 5.32 Å². The van der Waals surface area contributed by atoms with E-state index < -0.39 is 0 Å². The molecule has 96 valence electrons. The molecule has 1 rings (SSSR count). The molecule has 1 aliphatic carbocycles. The summed E-state index contributed by atoms with van der Waals surface area (Å²) in [4.78, 5) is 0. The van der Waals surface area contributed by atoms with Crippen LogP contribution in [0.15, 0.2) is 0 Å². The summed E-state index contributed by atoms with van der Waals surface area (Å²) in [6, 6.07) is 0.610. The molecule has 16 heavy (non-hydrogen) atoms. The SMILES string of the molecule is CCCOCCOC1CC(NCC)C1(C)C. The van der Waals surface area contributed by atoms with Crippen molar-refractivity contribution < 1.29 is 9.47 Å². The van der Waals surface area contributed by atoms with Gasteiger partial charge in [0.25, 0.3) is 0 Å². The zero-order valence-electron chi connectivity index (χ0n) is 11.2. The van der Waals surface area contributed by atoms with E-state index in [4.69, 9.17) is 9.47 Å². The summed E-state index contributed by atoms with van der Waals surface area (Å²) in [5.74, 6) is 0. The Morgan fingerprint density at radius 3 is 2.50 bits per heavy atom. The lowest BCUT2D eigenvalue weighted by atomic mass is 9.64. The van der Waals surface area contributed by atoms with Crippen LogP contribution in [0.5, 0.6) is 0 Å². The molecule has 2 atom stereocenters. The first-order valence-electron chi connectivity index (χ1n) is 6.55. The van der Waals surface area contributed by atoms with Crippen LogP contribution in [0, 0.1) is 5.41 Å². The largest absolute Gasteiger partial charge is 0.379 e. The van der Waals surface area contributed by atoms with Gasteiger partial charge in [-0.3, -0.25) is 0 Å². The molecule has 0 bridgehead atoms. The van der Waals surface area contributed by atoms with Gasteiger partial charge in [0.15, 0.2) is 0 Å². The van der Waals surface area contributed by atoms with Gasteiger partial charge in [0, 0.05) is 18.1 Å². The highest BCUT2D eigenvalue weighted by Crippen LogP contribution is 2.42. The van der Waals surface area contributed by atoms with Crippen LogP contribution in [0.2, 0.25) is 0 Å². The summed E-state index contributed by atoms with van der Waals surface area (Å²) in [5.41, 5.74) is 0.265. The third kappa shape index (κ3) is 3.44. The normalized spacial score (nSPS) is 27.8. The van der Waals surface area contributed by atoms with E-state index in [1.54, 1.807) is 0 Å². The van der Waals surface area contributed by atoms with Crippen LogP contribution in [-0.2, 0) is 9.47 Å². The van der Waals surface area contributed by atoms with Gasteiger partial charge in [-0.1, -0.05) is 27.7 Å². The van der Waals surface area contributed by atoms with Crippen molar-refractivity contribution in [1.82, 2.24) is 5.32 Å². The van der Waals surface area contributed by atoms with Gasteiger partial charge in [-0.2, -0.15) is 0 Å². The summed E-state index contributed by atoms with van der Waals surface area (Å²) in [5, 5.41) is 3.50. The van der Waals surface area contributed by atoms with Crippen molar-refractivity contribution in [2.45, 2.75) is 52.7 Å². The average molecular weight is 229 g/mol. The predicted octanol–water partition coefficient (Wildman–Crippen LogP) is 2.21. The first kappa shape index (κ1) is 13.9. The zero-order chi connectivity index (χ0) is 12.0. The molecule has 1 fully saturated rings. The summed E-state index contributed by atoms with van der Waals surface area (Å²) in [6.07, 6.45) is 2.60. The lowest BCUT2D eigenvalue weighted by Gasteiger charge is -2.52. The second-order valence-corrected chi connectivity index (χ2v) is 5.14. The van der Waals surface area contributed by atoms with Crippen LogP contribution >= 0.6 is 0 Å². The van der Waals surface area contributed by atoms with Gasteiger partial charge >= 0.3 is 0 Å². The fraction of sp³-hybridized carbons (Fsp3) is 1.00. The van der Waals surface area contributed by atoms with E-state index in [2.05, 4.69) is 33.0 Å². The van der Waals surface area contributed by atoms with Gasteiger partial charge < -0.3 is 14.8 Å². The molecule has 3 nitrogen and oxygen atoms in total. The summed E-state index contributed by atoms with van der Waals surface area (Å²) in [6.45, 7) is 12.2. The molecule has 0 aliphatic heterocycles.